The molecule has 0 heterocycles. The van der Waals surface area contributed by atoms with E-state index in [4.69, 9.17) is 0 Å². The lowest BCUT2D eigenvalue weighted by molar-refractivity contribution is 0.650. The Kier molecular flexibility index (Phi) is 4.67. The van der Waals surface area contributed by atoms with Gasteiger partial charge in [-0.2, -0.15) is 4.40 Å². The summed E-state index contributed by atoms with van der Waals surface area (Å²) in [5.74, 6) is 0. The Morgan fingerprint density at radius 3 is 2.41 bits per heavy atom. The van der Waals surface area contributed by atoms with E-state index in [9.17, 15) is 4.21 Å². The van der Waals surface area contributed by atoms with Gasteiger partial charge in [0.25, 0.3) is 0 Å². The Balaban J connectivity index is 3.09. The van der Waals surface area contributed by atoms with Crippen molar-refractivity contribution in [3.63, 3.8) is 0 Å². The van der Waals surface area contributed by atoms with Crippen molar-refractivity contribution in [2.75, 3.05) is 0 Å². The molecule has 4 heteroatoms. The lowest BCUT2D eigenvalue weighted by atomic mass is 10.1. The van der Waals surface area contributed by atoms with Crippen LogP contribution < -0.4 is 0 Å². The molecule has 0 N–H and O–H groups in total. The van der Waals surface area contributed by atoms with Gasteiger partial charge < -0.3 is 0 Å². The van der Waals surface area contributed by atoms with E-state index in [1.807, 2.05) is 52.8 Å². The van der Waals surface area contributed by atoms with E-state index in [0.29, 0.717) is 0 Å². The molecule has 0 saturated carbocycles. The summed E-state index contributed by atoms with van der Waals surface area (Å²) in [7, 11) is -1.21. The quantitative estimate of drug-likeness (QED) is 0.758. The predicted octanol–water partition coefficient (Wildman–Crippen LogP) is 4.03. The number of rotatable bonds is 2. The first kappa shape index (κ1) is 14.6. The molecule has 1 rings (SSSR count). The zero-order valence-corrected chi connectivity index (χ0v) is 13.3. The molecular formula is C13H18BrNOS. The van der Waals surface area contributed by atoms with Gasteiger partial charge in [-0.15, -0.1) is 0 Å². The van der Waals surface area contributed by atoms with Crippen molar-refractivity contribution in [1.82, 2.24) is 0 Å². The summed E-state index contributed by atoms with van der Waals surface area (Å²) in [6.45, 7) is 9.70. The zero-order chi connectivity index (χ0) is 13.2. The van der Waals surface area contributed by atoms with E-state index in [2.05, 4.69) is 20.3 Å². The van der Waals surface area contributed by atoms with Gasteiger partial charge in [-0.05, 0) is 57.9 Å². The van der Waals surface area contributed by atoms with Crippen LogP contribution in [0.3, 0.4) is 0 Å². The monoisotopic (exact) mass is 315 g/mol. The molecule has 17 heavy (non-hydrogen) atoms. The van der Waals surface area contributed by atoms with Crippen molar-refractivity contribution in [3.05, 3.63) is 33.8 Å². The Bertz CT molecular complexity index is 475. The number of benzene rings is 1. The van der Waals surface area contributed by atoms with Crippen LogP contribution in [0.4, 0.5) is 0 Å². The highest BCUT2D eigenvalue weighted by atomic mass is 79.9. The molecule has 1 unspecified atom stereocenters. The molecule has 1 atom stereocenters. The van der Waals surface area contributed by atoms with Gasteiger partial charge >= 0.3 is 0 Å². The standard InChI is InChI=1S/C13H18BrNOS/c1-9-8-11(14)6-7-12(9)10(2)15-17(16)13(3,4)5/h6-8H,1-5H3. The maximum atomic E-state index is 11.9. The van der Waals surface area contributed by atoms with Gasteiger partial charge in [-0.25, -0.2) is 4.21 Å². The molecule has 2 nitrogen and oxygen atoms in total. The van der Waals surface area contributed by atoms with Crippen molar-refractivity contribution in [3.8, 4) is 0 Å². The number of nitrogens with zero attached hydrogens (tertiary/aromatic N) is 1. The molecule has 0 saturated heterocycles. The first-order valence-electron chi connectivity index (χ1n) is 5.45. The van der Waals surface area contributed by atoms with Crippen LogP contribution in [0.1, 0.15) is 38.8 Å². The summed E-state index contributed by atoms with van der Waals surface area (Å²) in [4.78, 5) is 0. The Morgan fingerprint density at radius 2 is 1.94 bits per heavy atom. The molecular weight excluding hydrogens is 298 g/mol. The molecule has 1 aromatic rings. The molecule has 0 aliphatic carbocycles. The van der Waals surface area contributed by atoms with Gasteiger partial charge in [0.1, 0.15) is 11.0 Å². The van der Waals surface area contributed by atoms with Crippen LogP contribution in [0.15, 0.2) is 27.1 Å². The topological polar surface area (TPSA) is 29.4 Å². The van der Waals surface area contributed by atoms with Crippen LogP contribution in [-0.4, -0.2) is 14.7 Å². The van der Waals surface area contributed by atoms with E-state index in [-0.39, 0.29) is 4.75 Å². The summed E-state index contributed by atoms with van der Waals surface area (Å²) in [6.07, 6.45) is 0. The van der Waals surface area contributed by atoms with Crippen LogP contribution in [-0.2, 0) is 11.0 Å². The van der Waals surface area contributed by atoms with Crippen molar-refractivity contribution < 1.29 is 4.21 Å². The minimum Gasteiger partial charge on any atom is -0.234 e. The lowest BCUT2D eigenvalue weighted by Gasteiger charge is -2.14. The summed E-state index contributed by atoms with van der Waals surface area (Å²) in [6, 6.07) is 6.01. The summed E-state index contributed by atoms with van der Waals surface area (Å²) in [5, 5.41) is 0. The van der Waals surface area contributed by atoms with Crippen LogP contribution in [0.5, 0.6) is 0 Å². The number of halogens is 1. The average molecular weight is 316 g/mol. The fraction of sp³-hybridized carbons (Fsp3) is 0.462. The fourth-order valence-corrected chi connectivity index (χ4v) is 2.44. The smallest absolute Gasteiger partial charge is 0.145 e. The third-order valence-corrected chi connectivity index (χ3v) is 4.30. The molecule has 0 amide bonds. The van der Waals surface area contributed by atoms with Crippen LogP contribution >= 0.6 is 15.9 Å². The number of hydrogen-bond donors (Lipinski definition) is 0. The van der Waals surface area contributed by atoms with Gasteiger partial charge in [0.15, 0.2) is 0 Å². The SMILES string of the molecule is CC(=NS(=O)C(C)(C)C)c1ccc(Br)cc1C. The second-order valence-corrected chi connectivity index (χ2v) is 7.82. The maximum Gasteiger partial charge on any atom is 0.145 e. The molecule has 0 radical (unpaired) electrons. The molecule has 1 aromatic carbocycles. The van der Waals surface area contributed by atoms with Gasteiger partial charge in [0.05, 0.1) is 10.5 Å². The molecule has 0 aliphatic rings. The van der Waals surface area contributed by atoms with E-state index in [0.717, 1.165) is 21.3 Å². The zero-order valence-electron chi connectivity index (χ0n) is 10.9. The second kappa shape index (κ2) is 5.44. The van der Waals surface area contributed by atoms with Gasteiger partial charge in [0.2, 0.25) is 0 Å². The Labute approximate surface area is 114 Å². The molecule has 0 aromatic heterocycles. The average Bonchev–Trinajstić information content (AvgIpc) is 2.15. The number of hydrogen-bond acceptors (Lipinski definition) is 1. The van der Waals surface area contributed by atoms with Gasteiger partial charge in [-0.1, -0.05) is 22.0 Å². The van der Waals surface area contributed by atoms with Gasteiger partial charge in [0, 0.05) is 4.47 Å². The molecule has 0 fully saturated rings. The highest BCUT2D eigenvalue weighted by molar-refractivity contribution is 9.10. The highest BCUT2D eigenvalue weighted by Gasteiger charge is 2.19. The van der Waals surface area contributed by atoms with E-state index in [1.165, 1.54) is 0 Å². The maximum absolute atomic E-state index is 11.9. The predicted molar refractivity (Wildman–Crippen MR) is 79.0 cm³/mol. The van der Waals surface area contributed by atoms with E-state index < -0.39 is 11.0 Å². The molecule has 0 bridgehead atoms. The van der Waals surface area contributed by atoms with Crippen LogP contribution in [0.25, 0.3) is 0 Å². The fourth-order valence-electron chi connectivity index (χ4n) is 1.34. The van der Waals surface area contributed by atoms with Crippen molar-refractivity contribution in [2.45, 2.75) is 39.4 Å². The summed E-state index contributed by atoms with van der Waals surface area (Å²) < 4.78 is 17.0. The first-order valence-corrected chi connectivity index (χ1v) is 7.35. The minimum absolute atomic E-state index is 0.315. The summed E-state index contributed by atoms with van der Waals surface area (Å²) in [5.41, 5.74) is 3.00. The lowest BCUT2D eigenvalue weighted by Crippen LogP contribution is -2.20. The van der Waals surface area contributed by atoms with Crippen molar-refractivity contribution in [1.29, 1.82) is 0 Å². The highest BCUT2D eigenvalue weighted by Crippen LogP contribution is 2.18. The Hall–Kier alpha value is -0.480. The molecule has 94 valence electrons. The first-order chi connectivity index (χ1) is 7.71. The third kappa shape index (κ3) is 4.03. The van der Waals surface area contributed by atoms with Gasteiger partial charge in [-0.3, -0.25) is 0 Å². The van der Waals surface area contributed by atoms with Crippen molar-refractivity contribution >= 4 is 32.6 Å². The van der Waals surface area contributed by atoms with Crippen molar-refractivity contribution in [2.24, 2.45) is 4.40 Å². The normalized spacial score (nSPS) is 14.8. The summed E-state index contributed by atoms with van der Waals surface area (Å²) >= 11 is 3.43. The number of aryl methyl sites for hydroxylation is 1. The van der Waals surface area contributed by atoms with Crippen LogP contribution in [0.2, 0.25) is 0 Å². The molecule has 0 spiro atoms. The largest absolute Gasteiger partial charge is 0.234 e. The second-order valence-electron chi connectivity index (χ2n) is 5.00. The molecule has 0 aliphatic heterocycles. The minimum atomic E-state index is -1.21. The third-order valence-electron chi connectivity index (χ3n) is 2.32. The van der Waals surface area contributed by atoms with Crippen LogP contribution in [0, 0.1) is 6.92 Å². The van der Waals surface area contributed by atoms with E-state index >= 15 is 0 Å². The Morgan fingerprint density at radius 1 is 1.35 bits per heavy atom. The van der Waals surface area contributed by atoms with E-state index in [1.54, 1.807) is 0 Å².